The second-order valence-corrected chi connectivity index (χ2v) is 4.94. The predicted molar refractivity (Wildman–Crippen MR) is 75.2 cm³/mol. The molecule has 2 aromatic rings. The number of carbonyl (C=O) groups excluding carboxylic acids is 1. The number of rotatable bonds is 6. The topological polar surface area (TPSA) is 59.8 Å². The lowest BCUT2D eigenvalue weighted by Crippen LogP contribution is -2.23. The summed E-state index contributed by atoms with van der Waals surface area (Å²) in [7, 11) is 0. The fraction of sp³-hybridized carbons (Fsp3) is 0.308. The molecule has 0 unspecified atom stereocenters. The van der Waals surface area contributed by atoms with E-state index >= 15 is 0 Å². The third-order valence-electron chi connectivity index (χ3n) is 2.63. The minimum Gasteiger partial charge on any atom is -0.354 e. The van der Waals surface area contributed by atoms with Crippen molar-refractivity contribution in [3.8, 4) is 0 Å². The van der Waals surface area contributed by atoms with Gasteiger partial charge in [-0.05, 0) is 34.5 Å². The Kier molecular flexibility index (Phi) is 5.09. The Bertz CT molecular complexity index is 510. The minimum absolute atomic E-state index is 0.0388. The molecule has 0 bridgehead atoms. The maximum Gasteiger partial charge on any atom is 0.220 e. The number of hydrogen-bond acceptors (Lipinski definition) is 3. The van der Waals surface area contributed by atoms with E-state index in [-0.39, 0.29) is 5.91 Å². The number of aryl methyl sites for hydroxylation is 1. The van der Waals surface area contributed by atoms with Crippen molar-refractivity contribution in [3.05, 3.63) is 47.2 Å². The summed E-state index contributed by atoms with van der Waals surface area (Å²) in [5.41, 5.74) is 0.752. The van der Waals surface area contributed by atoms with E-state index in [1.165, 1.54) is 0 Å². The number of carbonyl (C=O) groups is 1. The van der Waals surface area contributed by atoms with Gasteiger partial charge in [-0.1, -0.05) is 0 Å². The first kappa shape index (κ1) is 13.7. The van der Waals surface area contributed by atoms with Crippen LogP contribution in [0.4, 0.5) is 0 Å². The van der Waals surface area contributed by atoms with Gasteiger partial charge in [0.15, 0.2) is 0 Å². The second-order valence-electron chi connectivity index (χ2n) is 4.13. The lowest BCUT2D eigenvalue weighted by molar-refractivity contribution is -0.121. The molecule has 0 spiro atoms. The summed E-state index contributed by atoms with van der Waals surface area (Å²) in [5, 5.41) is 2.83. The van der Waals surface area contributed by atoms with Crippen LogP contribution in [0.5, 0.6) is 0 Å². The van der Waals surface area contributed by atoms with Gasteiger partial charge in [0.1, 0.15) is 4.60 Å². The molecule has 100 valence electrons. The van der Waals surface area contributed by atoms with Gasteiger partial charge in [0.25, 0.3) is 0 Å². The van der Waals surface area contributed by atoms with Crippen LogP contribution < -0.4 is 5.32 Å². The second kappa shape index (κ2) is 7.04. The Hall–Kier alpha value is -1.69. The maximum absolute atomic E-state index is 11.6. The van der Waals surface area contributed by atoms with Gasteiger partial charge in [-0.25, -0.2) is 4.98 Å². The molecule has 0 fully saturated rings. The fourth-order valence-corrected chi connectivity index (χ4v) is 1.85. The van der Waals surface area contributed by atoms with E-state index in [4.69, 9.17) is 0 Å². The van der Waals surface area contributed by atoms with E-state index in [9.17, 15) is 4.79 Å². The average Bonchev–Trinajstić information content (AvgIpc) is 2.91. The molecule has 0 aliphatic heterocycles. The highest BCUT2D eigenvalue weighted by molar-refractivity contribution is 9.10. The molecule has 0 aromatic carbocycles. The van der Waals surface area contributed by atoms with E-state index in [0.29, 0.717) is 17.6 Å². The zero-order valence-corrected chi connectivity index (χ0v) is 12.0. The lowest BCUT2D eigenvalue weighted by Gasteiger charge is -2.05. The van der Waals surface area contributed by atoms with Crippen LogP contribution in [0.15, 0.2) is 41.5 Å². The van der Waals surface area contributed by atoms with Crippen molar-refractivity contribution < 1.29 is 4.79 Å². The van der Waals surface area contributed by atoms with Gasteiger partial charge in [0.2, 0.25) is 5.91 Å². The molecule has 1 N–H and O–H groups in total. The van der Waals surface area contributed by atoms with Gasteiger partial charge in [-0.15, -0.1) is 0 Å². The molecule has 1 amide bonds. The minimum atomic E-state index is 0.0388. The Morgan fingerprint density at radius 2 is 2.05 bits per heavy atom. The van der Waals surface area contributed by atoms with Crippen molar-refractivity contribution in [1.82, 2.24) is 19.9 Å². The smallest absolute Gasteiger partial charge is 0.220 e. The largest absolute Gasteiger partial charge is 0.354 e. The third-order valence-corrected chi connectivity index (χ3v) is 3.04. The summed E-state index contributed by atoms with van der Waals surface area (Å²) < 4.78 is 2.75. The summed E-state index contributed by atoms with van der Waals surface area (Å²) in [4.78, 5) is 19.8. The predicted octanol–water partition coefficient (Wildman–Crippen LogP) is 2.14. The molecule has 19 heavy (non-hydrogen) atoms. The number of hydrogen-bond donors (Lipinski definition) is 1. The van der Waals surface area contributed by atoms with Gasteiger partial charge in [-0.2, -0.15) is 0 Å². The van der Waals surface area contributed by atoms with Crippen molar-refractivity contribution in [2.24, 2.45) is 0 Å². The van der Waals surface area contributed by atoms with Crippen LogP contribution in [0.25, 0.3) is 0 Å². The van der Waals surface area contributed by atoms with E-state index in [2.05, 4.69) is 35.8 Å². The van der Waals surface area contributed by atoms with E-state index in [1.54, 1.807) is 12.4 Å². The standard InChI is InChI=1S/C13H15BrN4O/c14-12-10-15-11(8-16-12)9-17-13(19)4-3-7-18-5-1-2-6-18/h1-2,5-6,8,10H,3-4,7,9H2,(H,17,19). The highest BCUT2D eigenvalue weighted by Crippen LogP contribution is 2.02. The average molecular weight is 323 g/mol. The maximum atomic E-state index is 11.6. The van der Waals surface area contributed by atoms with Crippen molar-refractivity contribution in [3.63, 3.8) is 0 Å². The zero-order chi connectivity index (χ0) is 13.5. The molecule has 2 heterocycles. The van der Waals surface area contributed by atoms with Gasteiger partial charge < -0.3 is 9.88 Å². The van der Waals surface area contributed by atoms with E-state index < -0.39 is 0 Å². The lowest BCUT2D eigenvalue weighted by atomic mass is 10.3. The first-order valence-electron chi connectivity index (χ1n) is 6.08. The van der Waals surface area contributed by atoms with Crippen LogP contribution in [0.3, 0.4) is 0 Å². The number of aromatic nitrogens is 3. The molecule has 0 radical (unpaired) electrons. The molecular formula is C13H15BrN4O. The van der Waals surface area contributed by atoms with E-state index in [0.717, 1.165) is 18.7 Å². The molecule has 0 saturated carbocycles. The molecular weight excluding hydrogens is 308 g/mol. The van der Waals surface area contributed by atoms with Crippen LogP contribution in [0.2, 0.25) is 0 Å². The molecule has 0 saturated heterocycles. The molecule has 0 aliphatic carbocycles. The van der Waals surface area contributed by atoms with Crippen molar-refractivity contribution in [2.75, 3.05) is 0 Å². The normalized spacial score (nSPS) is 10.4. The first-order valence-corrected chi connectivity index (χ1v) is 6.87. The van der Waals surface area contributed by atoms with E-state index in [1.807, 2.05) is 24.5 Å². The monoisotopic (exact) mass is 322 g/mol. The third kappa shape index (κ3) is 4.82. The summed E-state index contributed by atoms with van der Waals surface area (Å²) >= 11 is 3.22. The quantitative estimate of drug-likeness (QED) is 0.886. The Morgan fingerprint density at radius 1 is 1.26 bits per heavy atom. The summed E-state index contributed by atoms with van der Waals surface area (Å²) in [6.45, 7) is 1.28. The number of nitrogens with one attached hydrogen (secondary N) is 1. The fourth-order valence-electron chi connectivity index (χ4n) is 1.65. The van der Waals surface area contributed by atoms with Crippen LogP contribution in [-0.2, 0) is 17.9 Å². The van der Waals surface area contributed by atoms with Gasteiger partial charge in [0.05, 0.1) is 24.6 Å². The van der Waals surface area contributed by atoms with Crippen LogP contribution in [0, 0.1) is 0 Å². The van der Waals surface area contributed by atoms with Gasteiger partial charge in [0, 0.05) is 25.4 Å². The first-order chi connectivity index (χ1) is 9.24. The highest BCUT2D eigenvalue weighted by atomic mass is 79.9. The van der Waals surface area contributed by atoms with Crippen molar-refractivity contribution >= 4 is 21.8 Å². The number of nitrogens with zero attached hydrogens (tertiary/aromatic N) is 3. The van der Waals surface area contributed by atoms with Crippen LogP contribution in [-0.4, -0.2) is 20.4 Å². The highest BCUT2D eigenvalue weighted by Gasteiger charge is 2.02. The van der Waals surface area contributed by atoms with Gasteiger partial charge in [-0.3, -0.25) is 9.78 Å². The number of amides is 1. The van der Waals surface area contributed by atoms with Crippen molar-refractivity contribution in [2.45, 2.75) is 25.9 Å². The SMILES string of the molecule is O=C(CCCn1cccc1)NCc1cnc(Br)cn1. The van der Waals surface area contributed by atoms with Crippen LogP contribution in [0.1, 0.15) is 18.5 Å². The molecule has 6 heteroatoms. The zero-order valence-electron chi connectivity index (χ0n) is 10.4. The molecule has 2 rings (SSSR count). The Balaban J connectivity index is 1.65. The number of halogens is 1. The Labute approximate surface area is 120 Å². The molecule has 0 atom stereocenters. The van der Waals surface area contributed by atoms with Crippen LogP contribution >= 0.6 is 15.9 Å². The summed E-state index contributed by atoms with van der Waals surface area (Å²) in [6, 6.07) is 3.96. The Morgan fingerprint density at radius 3 is 2.74 bits per heavy atom. The van der Waals surface area contributed by atoms with Crippen molar-refractivity contribution in [1.29, 1.82) is 0 Å². The summed E-state index contributed by atoms with van der Waals surface area (Å²) in [5.74, 6) is 0.0388. The van der Waals surface area contributed by atoms with Gasteiger partial charge >= 0.3 is 0 Å². The molecule has 0 aliphatic rings. The summed E-state index contributed by atoms with van der Waals surface area (Å²) in [6.07, 6.45) is 8.59. The molecule has 5 nitrogen and oxygen atoms in total. The molecule has 2 aromatic heterocycles.